The van der Waals surface area contributed by atoms with Crippen molar-refractivity contribution in [3.05, 3.63) is 59.8 Å². The summed E-state index contributed by atoms with van der Waals surface area (Å²) in [5.74, 6) is 1.55. The molecule has 2 aliphatic heterocycles. The van der Waals surface area contributed by atoms with Crippen molar-refractivity contribution in [2.24, 2.45) is 5.92 Å². The number of hydrazine groups is 1. The lowest BCUT2D eigenvalue weighted by atomic mass is 9.77. The van der Waals surface area contributed by atoms with Gasteiger partial charge in [-0.3, -0.25) is 4.79 Å². The highest BCUT2D eigenvalue weighted by Crippen LogP contribution is 2.39. The number of benzene rings is 1. The first-order valence-electron chi connectivity index (χ1n) is 9.85. The lowest BCUT2D eigenvalue weighted by molar-refractivity contribution is -0.134. The number of pyridine rings is 1. The Morgan fingerprint density at radius 2 is 1.81 bits per heavy atom. The summed E-state index contributed by atoms with van der Waals surface area (Å²) in [6.45, 7) is 3.17. The molecule has 1 aromatic carbocycles. The van der Waals surface area contributed by atoms with E-state index in [0.717, 1.165) is 44.8 Å². The van der Waals surface area contributed by atoms with E-state index in [0.29, 0.717) is 5.92 Å². The fourth-order valence-corrected chi connectivity index (χ4v) is 4.75. The molecule has 3 heterocycles. The topological polar surface area (TPSA) is 60.5 Å². The first-order chi connectivity index (χ1) is 13.3. The predicted octanol–water partition coefficient (Wildman–Crippen LogP) is 1.51. The Kier molecular flexibility index (Phi) is 4.30. The van der Waals surface area contributed by atoms with Crippen LogP contribution in [0.4, 0.5) is 5.82 Å². The SMILES string of the molecule is O=C(C1NNC2c3ccccc3CCC12)N1CCN(c2ccccn2)CC1. The molecule has 6 nitrogen and oxygen atoms in total. The molecule has 0 spiro atoms. The normalized spacial score (nSPS) is 27.2. The molecule has 3 unspecified atom stereocenters. The second-order valence-electron chi connectivity index (χ2n) is 7.65. The number of anilines is 1. The van der Waals surface area contributed by atoms with Gasteiger partial charge in [0, 0.05) is 38.3 Å². The van der Waals surface area contributed by atoms with E-state index >= 15 is 0 Å². The quantitative estimate of drug-likeness (QED) is 0.847. The maximum absolute atomic E-state index is 13.2. The summed E-state index contributed by atoms with van der Waals surface area (Å²) < 4.78 is 0. The Labute approximate surface area is 159 Å². The monoisotopic (exact) mass is 363 g/mol. The van der Waals surface area contributed by atoms with E-state index in [9.17, 15) is 4.79 Å². The number of carbonyl (C=O) groups excluding carboxylic acids is 1. The van der Waals surface area contributed by atoms with Crippen LogP contribution in [0, 0.1) is 5.92 Å². The number of hydrogen-bond donors (Lipinski definition) is 2. The lowest BCUT2D eigenvalue weighted by Gasteiger charge is -2.37. The number of hydrogen-bond acceptors (Lipinski definition) is 5. The average Bonchev–Trinajstić information content (AvgIpc) is 3.19. The first kappa shape index (κ1) is 16.7. The zero-order valence-electron chi connectivity index (χ0n) is 15.3. The number of nitrogens with zero attached hydrogens (tertiary/aromatic N) is 3. The molecule has 27 heavy (non-hydrogen) atoms. The van der Waals surface area contributed by atoms with Crippen LogP contribution in [0.5, 0.6) is 0 Å². The maximum atomic E-state index is 13.2. The molecule has 2 N–H and O–H groups in total. The smallest absolute Gasteiger partial charge is 0.241 e. The van der Waals surface area contributed by atoms with E-state index in [1.807, 2.05) is 29.3 Å². The van der Waals surface area contributed by atoms with Gasteiger partial charge in [0.1, 0.15) is 11.9 Å². The van der Waals surface area contributed by atoms with E-state index in [2.05, 4.69) is 45.0 Å². The molecule has 2 saturated heterocycles. The predicted molar refractivity (Wildman–Crippen MR) is 104 cm³/mol. The van der Waals surface area contributed by atoms with Crippen LogP contribution in [0.3, 0.4) is 0 Å². The van der Waals surface area contributed by atoms with Crippen molar-refractivity contribution in [2.75, 3.05) is 31.1 Å². The maximum Gasteiger partial charge on any atom is 0.241 e. The van der Waals surface area contributed by atoms with Crippen molar-refractivity contribution >= 4 is 11.7 Å². The standard InChI is InChI=1S/C21H25N5O/c27-21(26-13-11-25(12-14-26)18-7-3-4-10-22-18)20-17-9-8-15-5-1-2-6-16(15)19(17)23-24-20/h1-7,10,17,19-20,23-24H,8-9,11-14H2. The fraction of sp³-hybridized carbons (Fsp3) is 0.429. The third kappa shape index (κ3) is 2.99. The van der Waals surface area contributed by atoms with Gasteiger partial charge in [-0.15, -0.1) is 0 Å². The molecule has 3 atom stereocenters. The highest BCUT2D eigenvalue weighted by molar-refractivity contribution is 5.83. The molecule has 1 amide bonds. The van der Waals surface area contributed by atoms with Gasteiger partial charge in [0.15, 0.2) is 0 Å². The van der Waals surface area contributed by atoms with Gasteiger partial charge in [-0.2, -0.15) is 0 Å². The van der Waals surface area contributed by atoms with Gasteiger partial charge in [-0.25, -0.2) is 15.8 Å². The summed E-state index contributed by atoms with van der Waals surface area (Å²) in [5, 5.41) is 0. The van der Waals surface area contributed by atoms with Gasteiger partial charge in [0.25, 0.3) is 0 Å². The largest absolute Gasteiger partial charge is 0.353 e. The molecule has 2 aromatic rings. The van der Waals surface area contributed by atoms with E-state index in [1.165, 1.54) is 11.1 Å². The minimum absolute atomic E-state index is 0.134. The summed E-state index contributed by atoms with van der Waals surface area (Å²) >= 11 is 0. The Morgan fingerprint density at radius 1 is 1.00 bits per heavy atom. The van der Waals surface area contributed by atoms with Crippen molar-refractivity contribution in [3.8, 4) is 0 Å². The van der Waals surface area contributed by atoms with Gasteiger partial charge < -0.3 is 9.80 Å². The summed E-state index contributed by atoms with van der Waals surface area (Å²) in [4.78, 5) is 21.9. The second-order valence-corrected chi connectivity index (χ2v) is 7.65. The highest BCUT2D eigenvalue weighted by atomic mass is 16.2. The third-order valence-corrected chi connectivity index (χ3v) is 6.22. The molecule has 1 aliphatic carbocycles. The minimum Gasteiger partial charge on any atom is -0.353 e. The third-order valence-electron chi connectivity index (χ3n) is 6.22. The number of aryl methyl sites for hydroxylation is 1. The fourth-order valence-electron chi connectivity index (χ4n) is 4.75. The summed E-state index contributed by atoms with van der Waals surface area (Å²) in [6, 6.07) is 14.7. The molecule has 0 radical (unpaired) electrons. The number of carbonyl (C=O) groups is 1. The van der Waals surface area contributed by atoms with Crippen LogP contribution >= 0.6 is 0 Å². The Bertz CT molecular complexity index is 818. The van der Waals surface area contributed by atoms with Gasteiger partial charge >= 0.3 is 0 Å². The van der Waals surface area contributed by atoms with Crippen LogP contribution in [0.2, 0.25) is 0 Å². The van der Waals surface area contributed by atoms with Crippen LogP contribution in [0.25, 0.3) is 0 Å². The number of nitrogens with one attached hydrogen (secondary N) is 2. The minimum atomic E-state index is -0.134. The molecule has 3 aliphatic rings. The summed E-state index contributed by atoms with van der Waals surface area (Å²) in [6.07, 6.45) is 3.92. The van der Waals surface area contributed by atoms with Gasteiger partial charge in [-0.1, -0.05) is 30.3 Å². The molecule has 0 bridgehead atoms. The highest BCUT2D eigenvalue weighted by Gasteiger charge is 2.44. The number of fused-ring (bicyclic) bond motifs is 3. The molecule has 2 fully saturated rings. The van der Waals surface area contributed by atoms with Crippen LogP contribution < -0.4 is 15.8 Å². The van der Waals surface area contributed by atoms with Crippen molar-refractivity contribution in [1.82, 2.24) is 20.7 Å². The Hall–Kier alpha value is -2.44. The second kappa shape index (κ2) is 6.94. The molecule has 140 valence electrons. The van der Waals surface area contributed by atoms with Crippen molar-refractivity contribution in [2.45, 2.75) is 24.9 Å². The van der Waals surface area contributed by atoms with E-state index in [1.54, 1.807) is 0 Å². The van der Waals surface area contributed by atoms with Gasteiger partial charge in [-0.05, 0) is 36.1 Å². The Morgan fingerprint density at radius 3 is 2.63 bits per heavy atom. The van der Waals surface area contributed by atoms with Crippen molar-refractivity contribution in [3.63, 3.8) is 0 Å². The number of amides is 1. The van der Waals surface area contributed by atoms with Gasteiger partial charge in [0.2, 0.25) is 5.91 Å². The zero-order chi connectivity index (χ0) is 18.2. The van der Waals surface area contributed by atoms with Crippen molar-refractivity contribution in [1.29, 1.82) is 0 Å². The van der Waals surface area contributed by atoms with Crippen LogP contribution in [0.15, 0.2) is 48.7 Å². The van der Waals surface area contributed by atoms with Crippen LogP contribution in [-0.2, 0) is 11.2 Å². The van der Waals surface area contributed by atoms with E-state index in [4.69, 9.17) is 0 Å². The molecule has 5 rings (SSSR count). The molecular weight excluding hydrogens is 338 g/mol. The zero-order valence-corrected chi connectivity index (χ0v) is 15.3. The van der Waals surface area contributed by atoms with Crippen LogP contribution in [0.1, 0.15) is 23.6 Å². The van der Waals surface area contributed by atoms with Gasteiger partial charge in [0.05, 0.1) is 6.04 Å². The number of rotatable bonds is 2. The van der Waals surface area contributed by atoms with E-state index in [-0.39, 0.29) is 18.0 Å². The van der Waals surface area contributed by atoms with E-state index < -0.39 is 0 Å². The van der Waals surface area contributed by atoms with Crippen LogP contribution in [-0.4, -0.2) is 48.0 Å². The first-order valence-corrected chi connectivity index (χ1v) is 9.85. The lowest BCUT2D eigenvalue weighted by Crippen LogP contribution is -2.55. The average molecular weight is 363 g/mol. The Balaban J connectivity index is 1.25. The number of aromatic nitrogens is 1. The molecule has 0 saturated carbocycles. The number of piperazine rings is 1. The summed E-state index contributed by atoms with van der Waals surface area (Å²) in [7, 11) is 0. The molecular formula is C21H25N5O. The molecule has 1 aromatic heterocycles. The molecule has 6 heteroatoms. The van der Waals surface area contributed by atoms with Crippen molar-refractivity contribution < 1.29 is 4.79 Å². The summed E-state index contributed by atoms with van der Waals surface area (Å²) in [5.41, 5.74) is 9.47.